The first-order valence-corrected chi connectivity index (χ1v) is 12.7. The van der Waals surface area contributed by atoms with Crippen molar-refractivity contribution in [2.45, 2.75) is 45.1 Å². The molecule has 36 heavy (non-hydrogen) atoms. The van der Waals surface area contributed by atoms with Gasteiger partial charge in [-0.2, -0.15) is 0 Å². The minimum Gasteiger partial charge on any atom is -0.497 e. The molecular weight excluding hydrogens is 452 g/mol. The van der Waals surface area contributed by atoms with Gasteiger partial charge in [0.05, 0.1) is 7.11 Å². The van der Waals surface area contributed by atoms with E-state index in [0.29, 0.717) is 25.4 Å². The number of carbonyl (C=O) groups excluding carboxylic acids is 2. The monoisotopic (exact) mass is 486 g/mol. The molecule has 188 valence electrons. The molecule has 0 bridgehead atoms. The van der Waals surface area contributed by atoms with Gasteiger partial charge in [-0.25, -0.2) is 0 Å². The van der Waals surface area contributed by atoms with Gasteiger partial charge in [0.15, 0.2) is 0 Å². The van der Waals surface area contributed by atoms with Gasteiger partial charge in [0.2, 0.25) is 11.8 Å². The molecule has 4 aromatic rings. The average Bonchev–Trinajstić information content (AvgIpc) is 3.51. The number of amides is 2. The lowest BCUT2D eigenvalue weighted by atomic mass is 9.88. The maximum absolute atomic E-state index is 13.7. The first-order chi connectivity index (χ1) is 17.4. The van der Waals surface area contributed by atoms with Crippen molar-refractivity contribution in [3.8, 4) is 5.75 Å². The van der Waals surface area contributed by atoms with Crippen LogP contribution in [0.3, 0.4) is 0 Å². The summed E-state index contributed by atoms with van der Waals surface area (Å²) in [6.07, 6.45) is 6.27. The number of nitrogens with one attached hydrogen (secondary N) is 3. The molecule has 2 aromatic carbocycles. The molecule has 2 amide bonds. The van der Waals surface area contributed by atoms with Crippen molar-refractivity contribution >= 4 is 33.6 Å². The minimum absolute atomic E-state index is 0.00618. The number of likely N-dealkylation sites (tertiary alicyclic amines) is 1. The Kier molecular flexibility index (Phi) is 6.72. The van der Waals surface area contributed by atoms with Crippen LogP contribution in [0.1, 0.15) is 43.7 Å². The Hall–Kier alpha value is -3.74. The van der Waals surface area contributed by atoms with Crippen molar-refractivity contribution < 1.29 is 14.3 Å². The third kappa shape index (κ3) is 4.70. The largest absolute Gasteiger partial charge is 0.497 e. The van der Waals surface area contributed by atoms with E-state index in [2.05, 4.69) is 33.6 Å². The zero-order valence-corrected chi connectivity index (χ0v) is 21.1. The highest BCUT2D eigenvalue weighted by atomic mass is 16.5. The number of hydrogen-bond acceptors (Lipinski definition) is 3. The number of fused-ring (bicyclic) bond motifs is 2. The second-order valence-electron chi connectivity index (χ2n) is 10.0. The van der Waals surface area contributed by atoms with Crippen molar-refractivity contribution in [1.29, 1.82) is 0 Å². The van der Waals surface area contributed by atoms with Gasteiger partial charge in [-0.1, -0.05) is 32.0 Å². The summed E-state index contributed by atoms with van der Waals surface area (Å²) in [6.45, 7) is 5.04. The molecular formula is C29H34N4O3. The Morgan fingerprint density at radius 1 is 1.03 bits per heavy atom. The summed E-state index contributed by atoms with van der Waals surface area (Å²) in [4.78, 5) is 34.9. The number of piperidine rings is 1. The van der Waals surface area contributed by atoms with E-state index in [4.69, 9.17) is 4.74 Å². The van der Waals surface area contributed by atoms with Gasteiger partial charge >= 0.3 is 0 Å². The van der Waals surface area contributed by atoms with Gasteiger partial charge in [-0.3, -0.25) is 9.59 Å². The fraction of sp³-hybridized carbons (Fsp3) is 0.379. The van der Waals surface area contributed by atoms with Gasteiger partial charge in [0.1, 0.15) is 11.8 Å². The van der Waals surface area contributed by atoms with E-state index in [1.54, 1.807) is 7.11 Å². The molecule has 1 saturated heterocycles. The van der Waals surface area contributed by atoms with Gasteiger partial charge in [0.25, 0.3) is 0 Å². The maximum Gasteiger partial charge on any atom is 0.245 e. The summed E-state index contributed by atoms with van der Waals surface area (Å²) in [5, 5.41) is 5.30. The van der Waals surface area contributed by atoms with E-state index in [-0.39, 0.29) is 17.7 Å². The molecule has 3 N–H and O–H groups in total. The summed E-state index contributed by atoms with van der Waals surface area (Å²) in [5.74, 6) is 0.918. The van der Waals surface area contributed by atoms with Crippen LogP contribution in [-0.2, 0) is 16.0 Å². The third-order valence-electron chi connectivity index (χ3n) is 7.41. The second kappa shape index (κ2) is 10.1. The van der Waals surface area contributed by atoms with Crippen LogP contribution < -0.4 is 10.1 Å². The van der Waals surface area contributed by atoms with Crippen LogP contribution in [0.25, 0.3) is 21.8 Å². The normalized spacial score (nSPS) is 15.5. The summed E-state index contributed by atoms with van der Waals surface area (Å²) in [5.41, 5.74) is 4.44. The smallest absolute Gasteiger partial charge is 0.245 e. The SMILES string of the molecule is COc1ccc2[nH]cc(C3CCN(C(=O)C(Cc4c[nH]c5ccccc45)NC(=O)C(C)C)CC3)c2c1. The predicted octanol–water partition coefficient (Wildman–Crippen LogP) is 4.75. The Balaban J connectivity index is 1.31. The Morgan fingerprint density at radius 2 is 1.75 bits per heavy atom. The van der Waals surface area contributed by atoms with Crippen LogP contribution in [0.4, 0.5) is 0 Å². The van der Waals surface area contributed by atoms with Gasteiger partial charge in [-0.05, 0) is 54.2 Å². The Morgan fingerprint density at radius 3 is 2.50 bits per heavy atom. The Labute approximate surface area is 211 Å². The summed E-state index contributed by atoms with van der Waals surface area (Å²) in [7, 11) is 1.68. The lowest BCUT2D eigenvalue weighted by Crippen LogP contribution is -2.52. The van der Waals surface area contributed by atoms with Gasteiger partial charge in [-0.15, -0.1) is 0 Å². The van der Waals surface area contributed by atoms with Gasteiger partial charge in [0, 0.05) is 59.6 Å². The molecule has 3 heterocycles. The van der Waals surface area contributed by atoms with E-state index in [1.165, 1.54) is 10.9 Å². The number of carbonyl (C=O) groups is 2. The van der Waals surface area contributed by atoms with Crippen molar-refractivity contribution in [2.75, 3.05) is 20.2 Å². The number of H-pyrrole nitrogens is 2. The number of aromatic nitrogens is 2. The van der Waals surface area contributed by atoms with Crippen LogP contribution >= 0.6 is 0 Å². The van der Waals surface area contributed by atoms with E-state index in [1.807, 2.05) is 55.3 Å². The van der Waals surface area contributed by atoms with Crippen molar-refractivity contribution in [2.24, 2.45) is 5.92 Å². The Bertz CT molecular complexity index is 1380. The molecule has 1 fully saturated rings. The lowest BCUT2D eigenvalue weighted by molar-refractivity contribution is -0.138. The molecule has 1 unspecified atom stereocenters. The highest BCUT2D eigenvalue weighted by molar-refractivity contribution is 5.90. The summed E-state index contributed by atoms with van der Waals surface area (Å²) in [6, 6.07) is 13.5. The number of aromatic amines is 2. The van der Waals surface area contributed by atoms with E-state index in [9.17, 15) is 9.59 Å². The molecule has 0 spiro atoms. The van der Waals surface area contributed by atoms with Crippen LogP contribution in [0.15, 0.2) is 54.9 Å². The number of ether oxygens (including phenoxy) is 1. The zero-order valence-electron chi connectivity index (χ0n) is 21.1. The lowest BCUT2D eigenvalue weighted by Gasteiger charge is -2.34. The number of para-hydroxylation sites is 1. The minimum atomic E-state index is -0.590. The molecule has 1 aliphatic rings. The molecule has 1 aliphatic heterocycles. The quantitative estimate of drug-likeness (QED) is 0.352. The summed E-state index contributed by atoms with van der Waals surface area (Å²) < 4.78 is 5.42. The maximum atomic E-state index is 13.7. The molecule has 0 saturated carbocycles. The van der Waals surface area contributed by atoms with Crippen molar-refractivity contribution in [3.05, 3.63) is 66.0 Å². The molecule has 0 aliphatic carbocycles. The standard InChI is InChI=1S/C29H34N4O3/c1-18(2)28(34)32-27(14-20-16-30-25-7-5-4-6-22(20)25)29(35)33-12-10-19(11-13-33)24-17-31-26-9-8-21(36-3)15-23(24)26/h4-9,15-19,27,30-31H,10-14H2,1-3H3,(H,32,34). The van der Waals surface area contributed by atoms with E-state index >= 15 is 0 Å². The number of rotatable bonds is 7. The topological polar surface area (TPSA) is 90.2 Å². The number of hydrogen-bond donors (Lipinski definition) is 3. The number of benzene rings is 2. The highest BCUT2D eigenvalue weighted by Gasteiger charge is 2.31. The molecule has 7 nitrogen and oxygen atoms in total. The van der Waals surface area contributed by atoms with Crippen molar-refractivity contribution in [3.63, 3.8) is 0 Å². The molecule has 2 aromatic heterocycles. The van der Waals surface area contributed by atoms with Crippen LogP contribution in [-0.4, -0.2) is 52.9 Å². The molecule has 0 radical (unpaired) electrons. The van der Waals surface area contributed by atoms with Gasteiger partial charge < -0.3 is 24.9 Å². The fourth-order valence-corrected chi connectivity index (χ4v) is 5.28. The summed E-state index contributed by atoms with van der Waals surface area (Å²) >= 11 is 0. The van der Waals surface area contributed by atoms with Crippen LogP contribution in [0, 0.1) is 5.92 Å². The number of methoxy groups -OCH3 is 1. The zero-order chi connectivity index (χ0) is 25.2. The average molecular weight is 487 g/mol. The highest BCUT2D eigenvalue weighted by Crippen LogP contribution is 2.35. The molecule has 1 atom stereocenters. The number of nitrogens with zero attached hydrogens (tertiary/aromatic N) is 1. The first-order valence-electron chi connectivity index (χ1n) is 12.7. The molecule has 5 rings (SSSR count). The van der Waals surface area contributed by atoms with Crippen molar-refractivity contribution in [1.82, 2.24) is 20.2 Å². The van der Waals surface area contributed by atoms with E-state index < -0.39 is 6.04 Å². The molecule has 7 heteroatoms. The van der Waals surface area contributed by atoms with Crippen LogP contribution in [0.5, 0.6) is 5.75 Å². The first kappa shape index (κ1) is 24.0. The van der Waals surface area contributed by atoms with Crippen LogP contribution in [0.2, 0.25) is 0 Å². The fourth-order valence-electron chi connectivity index (χ4n) is 5.28. The third-order valence-corrected chi connectivity index (χ3v) is 7.41. The second-order valence-corrected chi connectivity index (χ2v) is 10.0. The van der Waals surface area contributed by atoms with E-state index in [0.717, 1.165) is 40.6 Å². The predicted molar refractivity (Wildman–Crippen MR) is 142 cm³/mol.